The number of carbonyl (C=O) groups is 3. The minimum atomic E-state index is -0.761. The van der Waals surface area contributed by atoms with Crippen LogP contribution in [0.2, 0.25) is 0 Å². The number of unbranched alkanes of at least 4 members (excludes halogenated alkanes) is 30. The molecule has 0 saturated heterocycles. The number of rotatable bonds is 45. The number of carbonyl (C=O) groups excluding carboxylic acids is 3. The molecule has 1 atom stereocenters. The molecule has 0 aliphatic heterocycles. The van der Waals surface area contributed by atoms with Crippen LogP contribution in [0.1, 0.15) is 279 Å². The van der Waals surface area contributed by atoms with Gasteiger partial charge in [0.15, 0.2) is 6.10 Å². The molecule has 0 fully saturated rings. The number of esters is 3. The first-order chi connectivity index (χ1) is 27.7. The standard InChI is InChI=1S/C51H98O6/c1-6-7-8-9-10-11-12-13-14-15-16-17-20-28-33-38-43-51(54)57-48(45-56-50(53)42-37-32-27-23-22-25-30-35-40-47(4)5)44-55-49(52)41-36-31-26-21-18-19-24-29-34-39-46(2)3/h46-48H,6-45H2,1-5H3/t48-/m1/s1. The van der Waals surface area contributed by atoms with E-state index in [0.717, 1.165) is 69.6 Å². The Balaban J connectivity index is 4.31. The van der Waals surface area contributed by atoms with E-state index in [4.69, 9.17) is 14.2 Å². The highest BCUT2D eigenvalue weighted by atomic mass is 16.6. The first kappa shape index (κ1) is 55.4. The third kappa shape index (κ3) is 45.3. The van der Waals surface area contributed by atoms with E-state index in [1.165, 1.54) is 167 Å². The van der Waals surface area contributed by atoms with Gasteiger partial charge in [0.25, 0.3) is 0 Å². The van der Waals surface area contributed by atoms with Gasteiger partial charge in [0.05, 0.1) is 0 Å². The van der Waals surface area contributed by atoms with E-state index in [9.17, 15) is 14.4 Å². The second-order valence-electron chi connectivity index (χ2n) is 18.4. The molecule has 0 N–H and O–H groups in total. The quantitative estimate of drug-likeness (QED) is 0.0346. The average Bonchev–Trinajstić information content (AvgIpc) is 3.18. The van der Waals surface area contributed by atoms with E-state index in [2.05, 4.69) is 34.6 Å². The van der Waals surface area contributed by atoms with Crippen molar-refractivity contribution in [2.45, 2.75) is 285 Å². The summed E-state index contributed by atoms with van der Waals surface area (Å²) in [7, 11) is 0. The van der Waals surface area contributed by atoms with Crippen molar-refractivity contribution in [2.75, 3.05) is 13.2 Å². The van der Waals surface area contributed by atoms with Crippen LogP contribution in [-0.2, 0) is 28.6 Å². The van der Waals surface area contributed by atoms with Crippen LogP contribution in [0, 0.1) is 11.8 Å². The van der Waals surface area contributed by atoms with Crippen molar-refractivity contribution >= 4 is 17.9 Å². The molecular formula is C51H98O6. The van der Waals surface area contributed by atoms with Crippen LogP contribution >= 0.6 is 0 Å². The van der Waals surface area contributed by atoms with Gasteiger partial charge in [0, 0.05) is 19.3 Å². The van der Waals surface area contributed by atoms with Crippen LogP contribution in [0.15, 0.2) is 0 Å². The number of hydrogen-bond donors (Lipinski definition) is 0. The number of ether oxygens (including phenoxy) is 3. The molecule has 338 valence electrons. The predicted octanol–water partition coefficient (Wildman–Crippen LogP) is 16.1. The van der Waals surface area contributed by atoms with Gasteiger partial charge in [0.1, 0.15) is 13.2 Å². The molecule has 0 aliphatic carbocycles. The molecule has 0 radical (unpaired) electrons. The Kier molecular flexibility index (Phi) is 42.7. The lowest BCUT2D eigenvalue weighted by Crippen LogP contribution is -2.30. The highest BCUT2D eigenvalue weighted by Gasteiger charge is 2.19. The summed E-state index contributed by atoms with van der Waals surface area (Å²) in [6.07, 6.45) is 43.8. The monoisotopic (exact) mass is 807 g/mol. The van der Waals surface area contributed by atoms with Crippen LogP contribution in [0.5, 0.6) is 0 Å². The lowest BCUT2D eigenvalue weighted by Gasteiger charge is -2.18. The van der Waals surface area contributed by atoms with E-state index < -0.39 is 6.10 Å². The van der Waals surface area contributed by atoms with Crippen molar-refractivity contribution in [3.05, 3.63) is 0 Å². The van der Waals surface area contributed by atoms with Gasteiger partial charge in [-0.3, -0.25) is 14.4 Å². The molecule has 57 heavy (non-hydrogen) atoms. The van der Waals surface area contributed by atoms with Gasteiger partial charge in [-0.15, -0.1) is 0 Å². The molecular weight excluding hydrogens is 709 g/mol. The first-order valence-electron chi connectivity index (χ1n) is 25.2. The number of hydrogen-bond acceptors (Lipinski definition) is 6. The van der Waals surface area contributed by atoms with E-state index >= 15 is 0 Å². The lowest BCUT2D eigenvalue weighted by molar-refractivity contribution is -0.167. The minimum Gasteiger partial charge on any atom is -0.462 e. The summed E-state index contributed by atoms with van der Waals surface area (Å²) in [5, 5.41) is 0. The summed E-state index contributed by atoms with van der Waals surface area (Å²) in [6.45, 7) is 11.3. The molecule has 0 aliphatic rings. The van der Waals surface area contributed by atoms with Crippen LogP contribution in [0.3, 0.4) is 0 Å². The fourth-order valence-electron chi connectivity index (χ4n) is 7.64. The Morgan fingerprint density at radius 1 is 0.333 bits per heavy atom. The zero-order valence-corrected chi connectivity index (χ0v) is 39.0. The molecule has 6 heteroatoms. The SMILES string of the molecule is CCCCCCCCCCCCCCCCCCC(=O)O[C@H](COC(=O)CCCCCCCCCCCC(C)C)COC(=O)CCCCCCCCCCC(C)C. The summed E-state index contributed by atoms with van der Waals surface area (Å²) >= 11 is 0. The van der Waals surface area contributed by atoms with Crippen LogP contribution < -0.4 is 0 Å². The summed E-state index contributed by atoms with van der Waals surface area (Å²) in [5.74, 6) is 0.752. The Labute approximate surface area is 355 Å². The Morgan fingerprint density at radius 3 is 0.860 bits per heavy atom. The van der Waals surface area contributed by atoms with Gasteiger partial charge >= 0.3 is 17.9 Å². The topological polar surface area (TPSA) is 78.9 Å². The fraction of sp³-hybridized carbons (Fsp3) is 0.941. The molecule has 0 aromatic rings. The van der Waals surface area contributed by atoms with Crippen molar-refractivity contribution in [1.29, 1.82) is 0 Å². The third-order valence-electron chi connectivity index (χ3n) is 11.5. The Bertz CT molecular complexity index is 870. The fourth-order valence-corrected chi connectivity index (χ4v) is 7.64. The van der Waals surface area contributed by atoms with Crippen molar-refractivity contribution in [1.82, 2.24) is 0 Å². The maximum atomic E-state index is 12.8. The maximum absolute atomic E-state index is 12.8. The van der Waals surface area contributed by atoms with Crippen molar-refractivity contribution in [3.63, 3.8) is 0 Å². The van der Waals surface area contributed by atoms with Crippen LogP contribution in [0.25, 0.3) is 0 Å². The van der Waals surface area contributed by atoms with Gasteiger partial charge in [-0.25, -0.2) is 0 Å². The Morgan fingerprint density at radius 2 is 0.579 bits per heavy atom. The molecule has 0 spiro atoms. The molecule has 6 nitrogen and oxygen atoms in total. The van der Waals surface area contributed by atoms with E-state index in [-0.39, 0.29) is 31.1 Å². The highest BCUT2D eigenvalue weighted by Crippen LogP contribution is 2.17. The summed E-state index contributed by atoms with van der Waals surface area (Å²) in [6, 6.07) is 0. The molecule has 0 saturated carbocycles. The third-order valence-corrected chi connectivity index (χ3v) is 11.5. The van der Waals surface area contributed by atoms with E-state index in [0.29, 0.717) is 19.3 Å². The molecule has 0 heterocycles. The first-order valence-corrected chi connectivity index (χ1v) is 25.2. The average molecular weight is 807 g/mol. The predicted molar refractivity (Wildman–Crippen MR) is 243 cm³/mol. The van der Waals surface area contributed by atoms with Crippen molar-refractivity contribution < 1.29 is 28.6 Å². The molecule has 0 unspecified atom stereocenters. The second-order valence-corrected chi connectivity index (χ2v) is 18.4. The van der Waals surface area contributed by atoms with E-state index in [1.54, 1.807) is 0 Å². The lowest BCUT2D eigenvalue weighted by atomic mass is 10.0. The summed E-state index contributed by atoms with van der Waals surface area (Å²) < 4.78 is 16.8. The van der Waals surface area contributed by atoms with Gasteiger partial charge in [-0.2, -0.15) is 0 Å². The van der Waals surface area contributed by atoms with Gasteiger partial charge in [-0.05, 0) is 31.1 Å². The second kappa shape index (κ2) is 44.0. The summed E-state index contributed by atoms with van der Waals surface area (Å²) in [5.41, 5.74) is 0. The maximum Gasteiger partial charge on any atom is 0.306 e. The van der Waals surface area contributed by atoms with Gasteiger partial charge < -0.3 is 14.2 Å². The molecule has 0 aromatic carbocycles. The highest BCUT2D eigenvalue weighted by molar-refractivity contribution is 5.71. The molecule has 0 rings (SSSR count). The van der Waals surface area contributed by atoms with Crippen LogP contribution in [-0.4, -0.2) is 37.2 Å². The van der Waals surface area contributed by atoms with Crippen molar-refractivity contribution in [2.24, 2.45) is 11.8 Å². The smallest absolute Gasteiger partial charge is 0.306 e. The normalized spacial score (nSPS) is 12.1. The molecule has 0 aromatic heterocycles. The molecule has 0 amide bonds. The minimum absolute atomic E-state index is 0.0647. The van der Waals surface area contributed by atoms with Crippen LogP contribution in [0.4, 0.5) is 0 Å². The van der Waals surface area contributed by atoms with Gasteiger partial charge in [-0.1, -0.05) is 240 Å². The Hall–Kier alpha value is -1.59. The molecule has 0 bridgehead atoms. The van der Waals surface area contributed by atoms with Gasteiger partial charge in [0.2, 0.25) is 0 Å². The van der Waals surface area contributed by atoms with E-state index in [1.807, 2.05) is 0 Å². The zero-order chi connectivity index (χ0) is 41.9. The summed E-state index contributed by atoms with van der Waals surface area (Å²) in [4.78, 5) is 37.9. The van der Waals surface area contributed by atoms with Crippen molar-refractivity contribution in [3.8, 4) is 0 Å². The zero-order valence-electron chi connectivity index (χ0n) is 39.0. The largest absolute Gasteiger partial charge is 0.462 e.